The second-order valence-electron chi connectivity index (χ2n) is 4.99. The molecule has 3 nitrogen and oxygen atoms in total. The highest BCUT2D eigenvalue weighted by molar-refractivity contribution is 6.28. The van der Waals surface area contributed by atoms with Crippen molar-refractivity contribution >= 4 is 17.4 Å². The summed E-state index contributed by atoms with van der Waals surface area (Å²) in [6, 6.07) is 2.72. The Morgan fingerprint density at radius 2 is 2.17 bits per heavy atom. The second-order valence-corrected chi connectivity index (χ2v) is 5.33. The zero-order valence-corrected chi connectivity index (χ0v) is 12.1. The first-order valence-electron chi connectivity index (χ1n) is 7.04. The Morgan fingerprint density at radius 1 is 1.33 bits per heavy atom. The van der Waals surface area contributed by atoms with Crippen LogP contribution in [0, 0.1) is 0 Å². The molecule has 2 rings (SSSR count). The van der Waals surface area contributed by atoms with Crippen LogP contribution in [0.25, 0.3) is 0 Å². The first-order valence-corrected chi connectivity index (χ1v) is 7.42. The molecule has 0 bridgehead atoms. The molecule has 0 spiro atoms. The van der Waals surface area contributed by atoms with Crippen LogP contribution >= 0.6 is 11.6 Å². The van der Waals surface area contributed by atoms with Gasteiger partial charge in [0.15, 0.2) is 0 Å². The summed E-state index contributed by atoms with van der Waals surface area (Å²) in [4.78, 5) is 11.1. The molecule has 100 valence electrons. The summed E-state index contributed by atoms with van der Waals surface area (Å²) in [7, 11) is 0. The third kappa shape index (κ3) is 3.14. The molecular formula is C14H22ClN3. The smallest absolute Gasteiger partial charge is 0.224 e. The first-order chi connectivity index (χ1) is 8.74. The van der Waals surface area contributed by atoms with Crippen molar-refractivity contribution in [2.75, 3.05) is 11.4 Å². The van der Waals surface area contributed by atoms with Crippen LogP contribution in [0.4, 0.5) is 5.82 Å². The normalized spacial score (nSPS) is 20.2. The number of rotatable bonds is 4. The molecule has 4 heteroatoms. The number of hydrogen-bond acceptors (Lipinski definition) is 3. The van der Waals surface area contributed by atoms with Gasteiger partial charge in [0.2, 0.25) is 5.28 Å². The fourth-order valence-corrected chi connectivity index (χ4v) is 2.90. The molecule has 2 heterocycles. The first kappa shape index (κ1) is 13.6. The molecule has 1 fully saturated rings. The zero-order valence-electron chi connectivity index (χ0n) is 11.3. The predicted octanol–water partition coefficient (Wildman–Crippen LogP) is 3.85. The van der Waals surface area contributed by atoms with Gasteiger partial charge in [0.25, 0.3) is 0 Å². The van der Waals surface area contributed by atoms with Crippen LogP contribution in [-0.2, 0) is 6.42 Å². The average molecular weight is 268 g/mol. The molecule has 1 aliphatic heterocycles. The molecule has 0 aliphatic carbocycles. The lowest BCUT2D eigenvalue weighted by molar-refractivity contribution is 0.446. The maximum absolute atomic E-state index is 6.05. The van der Waals surface area contributed by atoms with Gasteiger partial charge in [-0.25, -0.2) is 9.97 Å². The van der Waals surface area contributed by atoms with Crippen molar-refractivity contribution in [2.45, 2.75) is 58.4 Å². The van der Waals surface area contributed by atoms with E-state index in [-0.39, 0.29) is 0 Å². The van der Waals surface area contributed by atoms with Crippen molar-refractivity contribution in [3.8, 4) is 0 Å². The van der Waals surface area contributed by atoms with Gasteiger partial charge in [-0.3, -0.25) is 0 Å². The highest BCUT2D eigenvalue weighted by atomic mass is 35.5. The van der Waals surface area contributed by atoms with E-state index in [9.17, 15) is 0 Å². The molecule has 0 radical (unpaired) electrons. The van der Waals surface area contributed by atoms with Gasteiger partial charge in [-0.1, -0.05) is 20.3 Å². The summed E-state index contributed by atoms with van der Waals surface area (Å²) in [5.74, 6) is 1.02. The van der Waals surface area contributed by atoms with Gasteiger partial charge in [-0.15, -0.1) is 0 Å². The van der Waals surface area contributed by atoms with Crippen molar-refractivity contribution in [3.63, 3.8) is 0 Å². The molecule has 1 aromatic rings. The monoisotopic (exact) mass is 267 g/mol. The third-order valence-corrected chi connectivity index (χ3v) is 3.81. The number of piperidine rings is 1. The zero-order chi connectivity index (χ0) is 13.0. The van der Waals surface area contributed by atoms with Crippen molar-refractivity contribution in [2.24, 2.45) is 0 Å². The molecule has 0 N–H and O–H groups in total. The van der Waals surface area contributed by atoms with Gasteiger partial charge >= 0.3 is 0 Å². The van der Waals surface area contributed by atoms with Crippen LogP contribution in [0.1, 0.15) is 51.6 Å². The van der Waals surface area contributed by atoms with E-state index < -0.39 is 0 Å². The van der Waals surface area contributed by atoms with Crippen LogP contribution in [0.2, 0.25) is 5.28 Å². The van der Waals surface area contributed by atoms with Crippen LogP contribution < -0.4 is 4.90 Å². The van der Waals surface area contributed by atoms with E-state index in [1.54, 1.807) is 0 Å². The van der Waals surface area contributed by atoms with Crippen molar-refractivity contribution in [1.82, 2.24) is 9.97 Å². The van der Waals surface area contributed by atoms with Gasteiger partial charge in [-0.2, -0.15) is 0 Å². The standard InChI is InChI=1S/C14H22ClN3/c1-3-7-11-10-13(17-14(15)16-11)18-9-6-5-8-12(18)4-2/h10,12H,3-9H2,1-2H3. The summed E-state index contributed by atoms with van der Waals surface area (Å²) in [5.41, 5.74) is 1.06. The van der Waals surface area contributed by atoms with Crippen LogP contribution in [0.3, 0.4) is 0 Å². The van der Waals surface area contributed by atoms with Gasteiger partial charge in [0.05, 0.1) is 0 Å². The summed E-state index contributed by atoms with van der Waals surface area (Å²) in [5, 5.41) is 0.386. The van der Waals surface area contributed by atoms with E-state index in [0.717, 1.165) is 30.9 Å². The van der Waals surface area contributed by atoms with Crippen LogP contribution in [-0.4, -0.2) is 22.6 Å². The summed E-state index contributed by atoms with van der Waals surface area (Å²) < 4.78 is 0. The maximum atomic E-state index is 6.05. The topological polar surface area (TPSA) is 29.0 Å². The molecule has 0 saturated carbocycles. The molecule has 1 atom stereocenters. The number of anilines is 1. The fourth-order valence-electron chi connectivity index (χ4n) is 2.71. The minimum absolute atomic E-state index is 0.386. The Hall–Kier alpha value is -0.830. The Bertz CT molecular complexity index is 395. The van der Waals surface area contributed by atoms with E-state index in [4.69, 9.17) is 11.6 Å². The maximum Gasteiger partial charge on any atom is 0.224 e. The van der Waals surface area contributed by atoms with Crippen LogP contribution in [0.15, 0.2) is 6.07 Å². The van der Waals surface area contributed by atoms with E-state index in [1.807, 2.05) is 0 Å². The number of halogens is 1. The summed E-state index contributed by atoms with van der Waals surface area (Å²) >= 11 is 6.05. The highest BCUT2D eigenvalue weighted by Gasteiger charge is 2.22. The quantitative estimate of drug-likeness (QED) is 0.776. The number of aryl methyl sites for hydroxylation is 1. The lowest BCUT2D eigenvalue weighted by Crippen LogP contribution is -2.39. The molecular weight excluding hydrogens is 246 g/mol. The lowest BCUT2D eigenvalue weighted by atomic mass is 10.00. The summed E-state index contributed by atoms with van der Waals surface area (Å²) in [6.07, 6.45) is 7.08. The SMILES string of the molecule is CCCc1cc(N2CCCCC2CC)nc(Cl)n1. The molecule has 18 heavy (non-hydrogen) atoms. The Balaban J connectivity index is 2.24. The van der Waals surface area contributed by atoms with Crippen molar-refractivity contribution in [3.05, 3.63) is 17.0 Å². The fraction of sp³-hybridized carbons (Fsp3) is 0.714. The molecule has 1 aromatic heterocycles. The van der Waals surface area contributed by atoms with Gasteiger partial charge in [-0.05, 0) is 43.7 Å². The van der Waals surface area contributed by atoms with Crippen molar-refractivity contribution in [1.29, 1.82) is 0 Å². The van der Waals surface area contributed by atoms with E-state index >= 15 is 0 Å². The van der Waals surface area contributed by atoms with Gasteiger partial charge in [0, 0.05) is 24.3 Å². The minimum atomic E-state index is 0.386. The molecule has 0 amide bonds. The minimum Gasteiger partial charge on any atom is -0.353 e. The highest BCUT2D eigenvalue weighted by Crippen LogP contribution is 2.26. The average Bonchev–Trinajstić information content (AvgIpc) is 2.38. The van der Waals surface area contributed by atoms with Gasteiger partial charge in [0.1, 0.15) is 5.82 Å². The Labute approximate surface area is 115 Å². The molecule has 0 aromatic carbocycles. The number of hydrogen-bond donors (Lipinski definition) is 0. The number of aromatic nitrogens is 2. The second kappa shape index (κ2) is 6.37. The molecule has 1 unspecified atom stereocenters. The molecule has 1 saturated heterocycles. The van der Waals surface area contributed by atoms with E-state index in [2.05, 4.69) is 34.8 Å². The largest absolute Gasteiger partial charge is 0.353 e. The summed E-state index contributed by atoms with van der Waals surface area (Å²) in [6.45, 7) is 5.50. The van der Waals surface area contributed by atoms with E-state index in [0.29, 0.717) is 11.3 Å². The Kier molecular flexibility index (Phi) is 4.81. The lowest BCUT2D eigenvalue weighted by Gasteiger charge is -2.36. The van der Waals surface area contributed by atoms with Gasteiger partial charge < -0.3 is 4.90 Å². The molecule has 1 aliphatic rings. The third-order valence-electron chi connectivity index (χ3n) is 3.64. The number of nitrogens with zero attached hydrogens (tertiary/aromatic N) is 3. The van der Waals surface area contributed by atoms with E-state index in [1.165, 1.54) is 25.7 Å². The van der Waals surface area contributed by atoms with Crippen molar-refractivity contribution < 1.29 is 0 Å². The predicted molar refractivity (Wildman–Crippen MR) is 76.3 cm³/mol. The van der Waals surface area contributed by atoms with Crippen LogP contribution in [0.5, 0.6) is 0 Å². The Morgan fingerprint density at radius 3 is 2.89 bits per heavy atom.